The Morgan fingerprint density at radius 2 is 1.94 bits per heavy atom. The smallest absolute Gasteiger partial charge is 0.193 e. The fraction of sp³-hybridized carbons (Fsp3) is 0.500. The van der Waals surface area contributed by atoms with Crippen molar-refractivity contribution in [2.45, 2.75) is 32.6 Å². The van der Waals surface area contributed by atoms with Crippen LogP contribution in [0.3, 0.4) is 0 Å². The molecule has 3 heteroatoms. The van der Waals surface area contributed by atoms with Crippen molar-refractivity contribution in [1.29, 1.82) is 0 Å². The molecule has 0 heterocycles. The Labute approximate surface area is 103 Å². The molecule has 0 unspecified atom stereocenters. The zero-order valence-electron chi connectivity index (χ0n) is 10.4. The molecule has 3 N–H and O–H groups in total. The molecule has 0 amide bonds. The number of benzene rings is 1. The molecule has 1 aromatic rings. The van der Waals surface area contributed by atoms with Crippen LogP contribution in [0.4, 0.5) is 5.69 Å². The maximum atomic E-state index is 5.88. The summed E-state index contributed by atoms with van der Waals surface area (Å²) in [5.41, 5.74) is 7.24. The minimum absolute atomic E-state index is 0.364. The summed E-state index contributed by atoms with van der Waals surface area (Å²) in [7, 11) is 0. The van der Waals surface area contributed by atoms with E-state index in [0.717, 1.165) is 12.2 Å². The first-order chi connectivity index (χ1) is 8.18. The van der Waals surface area contributed by atoms with Crippen molar-refractivity contribution in [1.82, 2.24) is 0 Å². The average Bonchev–Trinajstić information content (AvgIpc) is 2.76. The van der Waals surface area contributed by atoms with Crippen molar-refractivity contribution >= 4 is 11.6 Å². The molecule has 0 saturated heterocycles. The highest BCUT2D eigenvalue weighted by Crippen LogP contribution is 2.37. The number of aliphatic imine (C=N–C) groups is 1. The highest BCUT2D eigenvalue weighted by Gasteiger charge is 2.28. The fourth-order valence-electron chi connectivity index (χ4n) is 2.37. The lowest BCUT2D eigenvalue weighted by molar-refractivity contribution is 0.351. The SMILES string of the molecule is CC1(CN=C(N)Nc2ccccc2)CCCC1. The lowest BCUT2D eigenvalue weighted by Crippen LogP contribution is -2.25. The molecule has 2 rings (SSSR count). The number of nitrogens with two attached hydrogens (primary N) is 1. The van der Waals surface area contributed by atoms with Gasteiger partial charge in [-0.05, 0) is 30.4 Å². The van der Waals surface area contributed by atoms with Crippen LogP contribution in [0.2, 0.25) is 0 Å². The van der Waals surface area contributed by atoms with Gasteiger partial charge in [-0.2, -0.15) is 0 Å². The maximum Gasteiger partial charge on any atom is 0.193 e. The summed E-state index contributed by atoms with van der Waals surface area (Å²) in [5.74, 6) is 0.518. The third-order valence-corrected chi connectivity index (χ3v) is 3.49. The minimum Gasteiger partial charge on any atom is -0.370 e. The van der Waals surface area contributed by atoms with Crippen molar-refractivity contribution in [3.63, 3.8) is 0 Å². The average molecular weight is 231 g/mol. The number of para-hydroxylation sites is 1. The molecule has 1 aromatic carbocycles. The quantitative estimate of drug-likeness (QED) is 0.620. The van der Waals surface area contributed by atoms with Gasteiger partial charge in [0, 0.05) is 12.2 Å². The van der Waals surface area contributed by atoms with Crippen molar-refractivity contribution in [3.05, 3.63) is 30.3 Å². The van der Waals surface area contributed by atoms with Crippen molar-refractivity contribution in [3.8, 4) is 0 Å². The monoisotopic (exact) mass is 231 g/mol. The second-order valence-corrected chi connectivity index (χ2v) is 5.21. The van der Waals surface area contributed by atoms with Gasteiger partial charge in [0.05, 0.1) is 0 Å². The second kappa shape index (κ2) is 5.21. The number of rotatable bonds is 3. The highest BCUT2D eigenvalue weighted by atomic mass is 15.1. The summed E-state index contributed by atoms with van der Waals surface area (Å²) >= 11 is 0. The molecule has 0 radical (unpaired) electrons. The Kier molecular flexibility index (Phi) is 3.67. The summed E-state index contributed by atoms with van der Waals surface area (Å²) in [5, 5.41) is 3.11. The van der Waals surface area contributed by atoms with Crippen molar-refractivity contribution in [2.75, 3.05) is 11.9 Å². The van der Waals surface area contributed by atoms with Gasteiger partial charge in [0.15, 0.2) is 5.96 Å². The first kappa shape index (κ1) is 12.0. The molecule has 0 bridgehead atoms. The van der Waals surface area contributed by atoms with Gasteiger partial charge in [0.1, 0.15) is 0 Å². The molecule has 0 aliphatic heterocycles. The molecule has 1 fully saturated rings. The first-order valence-electron chi connectivity index (χ1n) is 6.30. The molecule has 0 spiro atoms. The molecule has 1 aliphatic carbocycles. The molecule has 3 nitrogen and oxygen atoms in total. The summed E-state index contributed by atoms with van der Waals surface area (Å²) in [6.45, 7) is 3.14. The van der Waals surface area contributed by atoms with Gasteiger partial charge in [-0.1, -0.05) is 38.0 Å². The van der Waals surface area contributed by atoms with Gasteiger partial charge < -0.3 is 11.1 Å². The molecular weight excluding hydrogens is 210 g/mol. The summed E-state index contributed by atoms with van der Waals surface area (Å²) in [6, 6.07) is 9.92. The summed E-state index contributed by atoms with van der Waals surface area (Å²) in [4.78, 5) is 4.46. The van der Waals surface area contributed by atoms with Gasteiger partial charge in [-0.15, -0.1) is 0 Å². The molecule has 1 saturated carbocycles. The Morgan fingerprint density at radius 1 is 1.29 bits per heavy atom. The fourth-order valence-corrected chi connectivity index (χ4v) is 2.37. The van der Waals surface area contributed by atoms with Crippen molar-refractivity contribution in [2.24, 2.45) is 16.1 Å². The van der Waals surface area contributed by atoms with E-state index >= 15 is 0 Å². The van der Waals surface area contributed by atoms with Crippen LogP contribution in [-0.2, 0) is 0 Å². The molecular formula is C14H21N3. The normalized spacial score (nSPS) is 19.2. The number of hydrogen-bond donors (Lipinski definition) is 2. The molecule has 0 aromatic heterocycles. The highest BCUT2D eigenvalue weighted by molar-refractivity contribution is 5.92. The standard InChI is InChI=1S/C14H21N3/c1-14(9-5-6-10-14)11-16-13(15)17-12-7-3-2-4-8-12/h2-4,7-8H,5-6,9-11H2,1H3,(H3,15,16,17). The van der Waals surface area contributed by atoms with E-state index < -0.39 is 0 Å². The predicted molar refractivity (Wildman–Crippen MR) is 73.1 cm³/mol. The lowest BCUT2D eigenvalue weighted by Gasteiger charge is -2.20. The zero-order chi connectivity index (χ0) is 12.1. The summed E-state index contributed by atoms with van der Waals surface area (Å²) < 4.78 is 0. The van der Waals surface area contributed by atoms with Gasteiger partial charge >= 0.3 is 0 Å². The molecule has 1 aliphatic rings. The van der Waals surface area contributed by atoms with Crippen LogP contribution < -0.4 is 11.1 Å². The van der Waals surface area contributed by atoms with E-state index in [-0.39, 0.29) is 0 Å². The lowest BCUT2D eigenvalue weighted by atomic mass is 9.89. The molecule has 17 heavy (non-hydrogen) atoms. The minimum atomic E-state index is 0.364. The van der Waals surface area contributed by atoms with Gasteiger partial charge in [0.25, 0.3) is 0 Å². The van der Waals surface area contributed by atoms with E-state index in [1.54, 1.807) is 0 Å². The van der Waals surface area contributed by atoms with E-state index in [2.05, 4.69) is 17.2 Å². The van der Waals surface area contributed by atoms with Crippen LogP contribution in [0, 0.1) is 5.41 Å². The number of hydrogen-bond acceptors (Lipinski definition) is 1. The first-order valence-corrected chi connectivity index (χ1v) is 6.30. The Balaban J connectivity index is 1.89. The number of anilines is 1. The summed E-state index contributed by atoms with van der Waals surface area (Å²) in [6.07, 6.45) is 5.21. The van der Waals surface area contributed by atoms with Crippen LogP contribution in [0.25, 0.3) is 0 Å². The third kappa shape index (κ3) is 3.48. The van der Waals surface area contributed by atoms with Gasteiger partial charge in [-0.3, -0.25) is 4.99 Å². The maximum absolute atomic E-state index is 5.88. The third-order valence-electron chi connectivity index (χ3n) is 3.49. The van der Waals surface area contributed by atoms with Crippen LogP contribution in [0.1, 0.15) is 32.6 Å². The number of guanidine groups is 1. The van der Waals surface area contributed by atoms with Crippen LogP contribution >= 0.6 is 0 Å². The van der Waals surface area contributed by atoms with Crippen LogP contribution in [-0.4, -0.2) is 12.5 Å². The number of nitrogens with one attached hydrogen (secondary N) is 1. The van der Waals surface area contributed by atoms with Gasteiger partial charge in [-0.25, -0.2) is 0 Å². The van der Waals surface area contributed by atoms with E-state index in [9.17, 15) is 0 Å². The largest absolute Gasteiger partial charge is 0.370 e. The molecule has 92 valence electrons. The zero-order valence-corrected chi connectivity index (χ0v) is 10.4. The number of nitrogens with zero attached hydrogens (tertiary/aromatic N) is 1. The Hall–Kier alpha value is -1.51. The van der Waals surface area contributed by atoms with E-state index in [1.165, 1.54) is 25.7 Å². The topological polar surface area (TPSA) is 50.4 Å². The van der Waals surface area contributed by atoms with E-state index in [4.69, 9.17) is 5.73 Å². The van der Waals surface area contributed by atoms with Crippen LogP contribution in [0.15, 0.2) is 35.3 Å². The Morgan fingerprint density at radius 3 is 2.59 bits per heavy atom. The van der Waals surface area contributed by atoms with E-state index in [1.807, 2.05) is 30.3 Å². The Bertz CT molecular complexity index is 378. The predicted octanol–water partition coefficient (Wildman–Crippen LogP) is 2.99. The van der Waals surface area contributed by atoms with Gasteiger partial charge in [0.2, 0.25) is 0 Å². The second-order valence-electron chi connectivity index (χ2n) is 5.21. The van der Waals surface area contributed by atoms with Crippen LogP contribution in [0.5, 0.6) is 0 Å². The molecule has 0 atom stereocenters. The van der Waals surface area contributed by atoms with Crippen molar-refractivity contribution < 1.29 is 0 Å². The van der Waals surface area contributed by atoms with E-state index in [0.29, 0.717) is 11.4 Å².